The Labute approximate surface area is 234 Å². The number of hydrazine groups is 1. The number of urea groups is 2. The SMILES string of the molecule is [2H]C([2H])([2H])N(C(=O)N(CC)N(C)C(=O)N(Cc1ccccc1)S(=O)(=O)c1ccc(C)cc1)S(=O)(=O)c1ccc(C)cc1. The topological polar surface area (TPSA) is 115 Å². The lowest BCUT2D eigenvalue weighted by molar-refractivity contribution is 0.0538. The van der Waals surface area contributed by atoms with Crippen LogP contribution in [0.1, 0.15) is 27.7 Å². The summed E-state index contributed by atoms with van der Waals surface area (Å²) >= 11 is 0. The molecule has 0 saturated heterocycles. The Morgan fingerprint density at radius 3 is 1.69 bits per heavy atom. The molecule has 208 valence electrons. The van der Waals surface area contributed by atoms with Gasteiger partial charge in [0, 0.05) is 24.7 Å². The van der Waals surface area contributed by atoms with E-state index in [1.54, 1.807) is 56.3 Å². The second-order valence-electron chi connectivity index (χ2n) is 8.70. The fraction of sp³-hybridized carbons (Fsp3) is 0.259. The number of rotatable bonds is 7. The molecule has 0 bridgehead atoms. The van der Waals surface area contributed by atoms with Crippen molar-refractivity contribution in [2.24, 2.45) is 0 Å². The fourth-order valence-corrected chi connectivity index (χ4v) is 5.97. The quantitative estimate of drug-likeness (QED) is 0.390. The predicted octanol–water partition coefficient (Wildman–Crippen LogP) is 4.22. The highest BCUT2D eigenvalue weighted by molar-refractivity contribution is 7.90. The van der Waals surface area contributed by atoms with Gasteiger partial charge in [0.1, 0.15) is 0 Å². The normalized spacial score (nSPS) is 13.0. The van der Waals surface area contributed by atoms with Crippen molar-refractivity contribution in [3.05, 3.63) is 95.6 Å². The lowest BCUT2D eigenvalue weighted by Gasteiger charge is -2.36. The van der Waals surface area contributed by atoms with Gasteiger partial charge in [-0.05, 0) is 50.6 Å². The molecule has 0 radical (unpaired) electrons. The molecular formula is C27H32N4O6S2. The number of amides is 4. The van der Waals surface area contributed by atoms with E-state index in [1.807, 2.05) is 0 Å². The van der Waals surface area contributed by atoms with Gasteiger partial charge >= 0.3 is 12.1 Å². The smallest absolute Gasteiger partial charge is 0.245 e. The zero-order valence-electron chi connectivity index (χ0n) is 25.0. The number of nitrogens with zero attached hydrogens (tertiary/aromatic N) is 4. The minimum absolute atomic E-state index is 0.189. The maximum Gasteiger partial charge on any atom is 0.352 e. The average Bonchev–Trinajstić information content (AvgIpc) is 2.91. The van der Waals surface area contributed by atoms with Crippen LogP contribution in [0.15, 0.2) is 88.7 Å². The molecule has 39 heavy (non-hydrogen) atoms. The molecule has 0 saturated carbocycles. The number of aryl methyl sites for hydroxylation is 2. The van der Waals surface area contributed by atoms with Crippen molar-refractivity contribution in [3.63, 3.8) is 0 Å². The predicted molar refractivity (Wildman–Crippen MR) is 147 cm³/mol. The molecule has 0 fully saturated rings. The minimum atomic E-state index is -4.92. The van der Waals surface area contributed by atoms with Gasteiger partial charge in [-0.1, -0.05) is 65.7 Å². The molecule has 0 aliphatic carbocycles. The van der Waals surface area contributed by atoms with Crippen LogP contribution in [0.2, 0.25) is 0 Å². The number of benzene rings is 3. The maximum absolute atomic E-state index is 13.8. The van der Waals surface area contributed by atoms with Gasteiger partial charge in [0.05, 0.1) is 16.3 Å². The summed E-state index contributed by atoms with van der Waals surface area (Å²) in [6.45, 7) is 0.582. The van der Waals surface area contributed by atoms with Crippen molar-refractivity contribution < 1.29 is 30.5 Å². The van der Waals surface area contributed by atoms with Crippen LogP contribution >= 0.6 is 0 Å². The summed E-state index contributed by atoms with van der Waals surface area (Å²) in [6, 6.07) is 16.5. The molecule has 12 heteroatoms. The number of hydrogen-bond acceptors (Lipinski definition) is 6. The first-order chi connectivity index (χ1) is 19.5. The molecule has 10 nitrogen and oxygen atoms in total. The Morgan fingerprint density at radius 1 is 0.744 bits per heavy atom. The van der Waals surface area contributed by atoms with E-state index in [-0.39, 0.29) is 15.7 Å². The second-order valence-corrected chi connectivity index (χ2v) is 12.3. The van der Waals surface area contributed by atoms with Crippen LogP contribution in [0, 0.1) is 13.8 Å². The van der Waals surface area contributed by atoms with Crippen LogP contribution in [-0.4, -0.2) is 68.1 Å². The van der Waals surface area contributed by atoms with Gasteiger partial charge in [-0.3, -0.25) is 0 Å². The monoisotopic (exact) mass is 575 g/mol. The highest BCUT2D eigenvalue weighted by Gasteiger charge is 2.37. The fourth-order valence-electron chi connectivity index (χ4n) is 3.61. The van der Waals surface area contributed by atoms with E-state index in [2.05, 4.69) is 0 Å². The number of sulfonamides is 2. The number of carbonyl (C=O) groups excluding carboxylic acids is 2. The average molecular weight is 576 g/mol. The molecule has 0 unspecified atom stereocenters. The molecule has 0 spiro atoms. The molecule has 0 atom stereocenters. The molecule has 0 heterocycles. The van der Waals surface area contributed by atoms with Crippen LogP contribution in [-0.2, 0) is 26.6 Å². The number of hydrogen-bond donors (Lipinski definition) is 0. The van der Waals surface area contributed by atoms with E-state index in [9.17, 15) is 26.4 Å². The third-order valence-electron chi connectivity index (χ3n) is 5.88. The van der Waals surface area contributed by atoms with Crippen LogP contribution in [0.4, 0.5) is 9.59 Å². The minimum Gasteiger partial charge on any atom is -0.245 e. The molecule has 0 N–H and O–H groups in total. The lowest BCUT2D eigenvalue weighted by atomic mass is 10.2. The highest BCUT2D eigenvalue weighted by atomic mass is 32.2. The van der Waals surface area contributed by atoms with Crippen molar-refractivity contribution in [2.45, 2.75) is 37.1 Å². The Kier molecular flexibility index (Phi) is 7.73. The first kappa shape index (κ1) is 25.4. The Balaban J connectivity index is 2.07. The largest absolute Gasteiger partial charge is 0.352 e. The zero-order valence-corrected chi connectivity index (χ0v) is 23.6. The highest BCUT2D eigenvalue weighted by Crippen LogP contribution is 2.23. The van der Waals surface area contributed by atoms with Crippen molar-refractivity contribution >= 4 is 32.1 Å². The summed E-state index contributed by atoms with van der Waals surface area (Å²) in [5.41, 5.74) is 1.94. The van der Waals surface area contributed by atoms with E-state index in [0.717, 1.165) is 24.7 Å². The van der Waals surface area contributed by atoms with Gasteiger partial charge in [-0.2, -0.15) is 0 Å². The van der Waals surface area contributed by atoms with E-state index in [1.165, 1.54) is 31.2 Å². The molecule has 3 rings (SSSR count). The van der Waals surface area contributed by atoms with Crippen LogP contribution in [0.5, 0.6) is 0 Å². The Bertz CT molecular complexity index is 1630. The van der Waals surface area contributed by atoms with Crippen molar-refractivity contribution in [3.8, 4) is 0 Å². The van der Waals surface area contributed by atoms with Crippen LogP contribution in [0.3, 0.4) is 0 Å². The number of carbonyl (C=O) groups is 2. The van der Waals surface area contributed by atoms with E-state index in [0.29, 0.717) is 25.4 Å². The van der Waals surface area contributed by atoms with Gasteiger partial charge in [0.15, 0.2) is 0 Å². The summed E-state index contributed by atoms with van der Waals surface area (Å²) in [6.07, 6.45) is 0. The molecule has 3 aromatic rings. The first-order valence-electron chi connectivity index (χ1n) is 13.4. The van der Waals surface area contributed by atoms with Crippen molar-refractivity contribution in [2.75, 3.05) is 20.6 Å². The summed E-state index contributed by atoms with van der Waals surface area (Å²) in [5, 5.41) is 1.16. The van der Waals surface area contributed by atoms with Gasteiger partial charge in [0.2, 0.25) is 0 Å². The first-order valence-corrected chi connectivity index (χ1v) is 14.7. The molecule has 3 aromatic carbocycles. The van der Waals surface area contributed by atoms with Gasteiger partial charge in [-0.15, -0.1) is 0 Å². The third kappa shape index (κ3) is 6.40. The van der Waals surface area contributed by atoms with Crippen molar-refractivity contribution in [1.29, 1.82) is 0 Å². The molecule has 0 aliphatic heterocycles. The van der Waals surface area contributed by atoms with Gasteiger partial charge < -0.3 is 0 Å². The summed E-state index contributed by atoms with van der Waals surface area (Å²) in [4.78, 5) is 26.8. The maximum atomic E-state index is 13.8. The molecule has 0 aromatic heterocycles. The van der Waals surface area contributed by atoms with Crippen LogP contribution in [0.25, 0.3) is 0 Å². The van der Waals surface area contributed by atoms with Gasteiger partial charge in [-0.25, -0.2) is 45.1 Å². The standard InChI is InChI=1S/C27H32N4O6S2/c1-6-30(27(33)29(5)38(34,35)24-16-12-21(2)13-17-24)28(4)26(32)31(20-23-10-8-7-9-11-23)39(36,37)25-18-14-22(3)15-19-25/h7-19H,6,20H2,1-5H3/i5D3. The molecular weight excluding hydrogens is 540 g/mol. The Morgan fingerprint density at radius 2 is 1.23 bits per heavy atom. The lowest BCUT2D eigenvalue weighted by Crippen LogP contribution is -2.56. The van der Waals surface area contributed by atoms with Crippen molar-refractivity contribution in [1.82, 2.24) is 18.6 Å². The second kappa shape index (κ2) is 11.9. The Hall–Kier alpha value is -3.90. The zero-order chi connectivity index (χ0) is 31.5. The van der Waals surface area contributed by atoms with E-state index >= 15 is 0 Å². The summed E-state index contributed by atoms with van der Waals surface area (Å²) in [7, 11) is -8.36. The molecule has 4 amide bonds. The van der Waals surface area contributed by atoms with Crippen LogP contribution < -0.4 is 0 Å². The summed E-state index contributed by atoms with van der Waals surface area (Å²) in [5.74, 6) is 0. The third-order valence-corrected chi connectivity index (χ3v) is 9.12. The van der Waals surface area contributed by atoms with E-state index < -0.39 is 50.5 Å². The molecule has 0 aliphatic rings. The van der Waals surface area contributed by atoms with Gasteiger partial charge in [0.25, 0.3) is 20.0 Å². The summed E-state index contributed by atoms with van der Waals surface area (Å²) < 4.78 is 78.1. The van der Waals surface area contributed by atoms with E-state index in [4.69, 9.17) is 4.11 Å².